The molecule has 0 radical (unpaired) electrons. The second-order valence-corrected chi connectivity index (χ2v) is 6.91. The first-order valence-corrected chi connectivity index (χ1v) is 8.04. The molecule has 0 unspecified atom stereocenters. The molecule has 4 nitrogen and oxygen atoms in total. The predicted octanol–water partition coefficient (Wildman–Crippen LogP) is 2.58. The lowest BCUT2D eigenvalue weighted by Gasteiger charge is -2.18. The molecule has 0 bridgehead atoms. The lowest BCUT2D eigenvalue weighted by molar-refractivity contribution is 0.266. The summed E-state index contributed by atoms with van der Waals surface area (Å²) in [6, 6.07) is 6.50. The Morgan fingerprint density at radius 3 is 2.95 bits per heavy atom. The summed E-state index contributed by atoms with van der Waals surface area (Å²) < 4.78 is 0. The third kappa shape index (κ3) is 3.29. The van der Waals surface area contributed by atoms with Crippen molar-refractivity contribution in [3.05, 3.63) is 28.8 Å². The Bertz CT molecular complexity index is 560. The smallest absolute Gasteiger partial charge is 0.102 e. The van der Waals surface area contributed by atoms with Gasteiger partial charge in [0.05, 0.1) is 4.88 Å². The van der Waals surface area contributed by atoms with Gasteiger partial charge in [-0.25, -0.2) is 0 Å². The number of thiophene rings is 1. The van der Waals surface area contributed by atoms with Gasteiger partial charge in [0.1, 0.15) is 5.69 Å². The Balaban J connectivity index is 1.65. The lowest BCUT2D eigenvalue weighted by atomic mass is 10.3. The highest BCUT2D eigenvalue weighted by Gasteiger charge is 2.14. The van der Waals surface area contributed by atoms with Crippen LogP contribution >= 0.6 is 11.3 Å². The quantitative estimate of drug-likeness (QED) is 0.943. The molecule has 1 N–H and O–H groups in total. The van der Waals surface area contributed by atoms with Crippen molar-refractivity contribution in [3.63, 3.8) is 0 Å². The molecule has 1 aliphatic heterocycles. The topological polar surface area (TPSA) is 35.2 Å². The zero-order chi connectivity index (χ0) is 13.9. The molecule has 108 valence electrons. The second-order valence-electron chi connectivity index (χ2n) is 5.62. The summed E-state index contributed by atoms with van der Waals surface area (Å²) in [6.45, 7) is 7.80. The van der Waals surface area contributed by atoms with Crippen LogP contribution in [0, 0.1) is 6.92 Å². The molecule has 0 atom stereocenters. The minimum absolute atomic E-state index is 0.977. The summed E-state index contributed by atoms with van der Waals surface area (Å²) in [5, 5.41) is 7.65. The molecule has 0 aromatic carbocycles. The number of hydrogen-bond acceptors (Lipinski definition) is 4. The van der Waals surface area contributed by atoms with Gasteiger partial charge in [0, 0.05) is 30.2 Å². The molecule has 0 amide bonds. The van der Waals surface area contributed by atoms with Crippen molar-refractivity contribution in [3.8, 4) is 10.6 Å². The van der Waals surface area contributed by atoms with E-state index in [2.05, 4.69) is 52.2 Å². The Hall–Kier alpha value is -1.17. The first-order valence-electron chi connectivity index (χ1n) is 7.23. The standard InChI is InChI=1S/C15H22N4S/c1-12-4-5-15(20-12)14-10-13(16-17-14)11-19-7-3-6-18(2)8-9-19/h4-5,10H,3,6-9,11H2,1-2H3,(H,16,17). The normalized spacial score (nSPS) is 18.3. The largest absolute Gasteiger partial charge is 0.305 e. The minimum Gasteiger partial charge on any atom is -0.305 e. The molecular weight excluding hydrogens is 268 g/mol. The molecule has 20 heavy (non-hydrogen) atoms. The fourth-order valence-corrected chi connectivity index (χ4v) is 3.47. The summed E-state index contributed by atoms with van der Waals surface area (Å²) in [5.74, 6) is 0. The molecule has 3 rings (SSSR count). The van der Waals surface area contributed by atoms with E-state index in [4.69, 9.17) is 0 Å². The minimum atomic E-state index is 0.977. The van der Waals surface area contributed by atoms with E-state index in [1.807, 2.05) is 0 Å². The average Bonchev–Trinajstić information content (AvgIpc) is 2.99. The van der Waals surface area contributed by atoms with Gasteiger partial charge in [0.2, 0.25) is 0 Å². The van der Waals surface area contributed by atoms with Crippen LogP contribution in [0.15, 0.2) is 18.2 Å². The fraction of sp³-hybridized carbons (Fsp3) is 0.533. The Morgan fingerprint density at radius 1 is 1.25 bits per heavy atom. The number of nitrogens with one attached hydrogen (secondary N) is 1. The van der Waals surface area contributed by atoms with E-state index in [0.717, 1.165) is 25.3 Å². The molecule has 1 fully saturated rings. The van der Waals surface area contributed by atoms with Gasteiger partial charge in [-0.15, -0.1) is 11.3 Å². The van der Waals surface area contributed by atoms with Gasteiger partial charge < -0.3 is 4.90 Å². The molecule has 0 spiro atoms. The van der Waals surface area contributed by atoms with Crippen molar-refractivity contribution < 1.29 is 0 Å². The number of aryl methyl sites for hydroxylation is 1. The molecule has 0 saturated carbocycles. The lowest BCUT2D eigenvalue weighted by Crippen LogP contribution is -2.28. The number of H-pyrrole nitrogens is 1. The van der Waals surface area contributed by atoms with Crippen LogP contribution in [0.4, 0.5) is 0 Å². The molecule has 3 heterocycles. The maximum absolute atomic E-state index is 4.45. The summed E-state index contributed by atoms with van der Waals surface area (Å²) in [6.07, 6.45) is 1.25. The highest BCUT2D eigenvalue weighted by atomic mass is 32.1. The van der Waals surface area contributed by atoms with Crippen LogP contribution in [0.3, 0.4) is 0 Å². The van der Waals surface area contributed by atoms with Crippen LogP contribution in [-0.2, 0) is 6.54 Å². The van der Waals surface area contributed by atoms with Crippen molar-refractivity contribution in [2.45, 2.75) is 19.9 Å². The highest BCUT2D eigenvalue weighted by Crippen LogP contribution is 2.26. The molecule has 2 aromatic heterocycles. The molecular formula is C15H22N4S. The number of aromatic nitrogens is 2. The van der Waals surface area contributed by atoms with Crippen molar-refractivity contribution >= 4 is 11.3 Å². The molecule has 0 aliphatic carbocycles. The summed E-state index contributed by atoms with van der Waals surface area (Å²) in [7, 11) is 2.21. The van der Waals surface area contributed by atoms with Gasteiger partial charge in [-0.3, -0.25) is 10.00 Å². The van der Waals surface area contributed by atoms with Gasteiger partial charge in [0.25, 0.3) is 0 Å². The maximum Gasteiger partial charge on any atom is 0.102 e. The van der Waals surface area contributed by atoms with Crippen molar-refractivity contribution in [1.29, 1.82) is 0 Å². The van der Waals surface area contributed by atoms with Crippen LogP contribution < -0.4 is 0 Å². The van der Waals surface area contributed by atoms with Crippen LogP contribution in [0.1, 0.15) is 17.0 Å². The first-order chi connectivity index (χ1) is 9.70. The Morgan fingerprint density at radius 2 is 2.15 bits per heavy atom. The van der Waals surface area contributed by atoms with E-state index < -0.39 is 0 Å². The van der Waals surface area contributed by atoms with Crippen LogP contribution in [0.25, 0.3) is 10.6 Å². The number of likely N-dealkylation sites (N-methyl/N-ethyl adjacent to an activating group) is 1. The monoisotopic (exact) mass is 290 g/mol. The molecule has 2 aromatic rings. The van der Waals surface area contributed by atoms with Gasteiger partial charge in [-0.2, -0.15) is 5.10 Å². The van der Waals surface area contributed by atoms with Gasteiger partial charge in [0.15, 0.2) is 0 Å². The Labute approximate surface area is 124 Å². The zero-order valence-electron chi connectivity index (χ0n) is 12.2. The summed E-state index contributed by atoms with van der Waals surface area (Å²) >= 11 is 1.80. The number of nitrogens with zero attached hydrogens (tertiary/aromatic N) is 3. The first kappa shape index (κ1) is 13.8. The van der Waals surface area contributed by atoms with E-state index >= 15 is 0 Å². The SMILES string of the molecule is Cc1ccc(-c2cc(CN3CCCN(C)CC3)[nH]n2)s1. The van der Waals surface area contributed by atoms with Crippen LogP contribution in [0.5, 0.6) is 0 Å². The Kier molecular flexibility index (Phi) is 4.19. The average molecular weight is 290 g/mol. The number of aromatic amines is 1. The third-order valence-electron chi connectivity index (χ3n) is 3.83. The van der Waals surface area contributed by atoms with E-state index in [9.17, 15) is 0 Å². The third-order valence-corrected chi connectivity index (χ3v) is 4.85. The number of hydrogen-bond donors (Lipinski definition) is 1. The van der Waals surface area contributed by atoms with E-state index in [0.29, 0.717) is 0 Å². The predicted molar refractivity (Wildman–Crippen MR) is 84.0 cm³/mol. The van der Waals surface area contributed by atoms with Crippen molar-refractivity contribution in [2.75, 3.05) is 33.2 Å². The van der Waals surface area contributed by atoms with Gasteiger partial charge in [-0.05, 0) is 51.7 Å². The van der Waals surface area contributed by atoms with Crippen LogP contribution in [0.2, 0.25) is 0 Å². The van der Waals surface area contributed by atoms with E-state index in [-0.39, 0.29) is 0 Å². The fourth-order valence-electron chi connectivity index (χ4n) is 2.64. The van der Waals surface area contributed by atoms with Gasteiger partial charge >= 0.3 is 0 Å². The zero-order valence-corrected chi connectivity index (χ0v) is 13.0. The molecule has 1 aliphatic rings. The van der Waals surface area contributed by atoms with Crippen molar-refractivity contribution in [1.82, 2.24) is 20.0 Å². The van der Waals surface area contributed by atoms with Crippen LogP contribution in [-0.4, -0.2) is 53.2 Å². The van der Waals surface area contributed by atoms with Crippen molar-refractivity contribution in [2.24, 2.45) is 0 Å². The highest BCUT2D eigenvalue weighted by molar-refractivity contribution is 7.15. The summed E-state index contributed by atoms with van der Waals surface area (Å²) in [4.78, 5) is 7.51. The van der Waals surface area contributed by atoms with E-state index in [1.165, 1.54) is 35.0 Å². The van der Waals surface area contributed by atoms with E-state index in [1.54, 1.807) is 11.3 Å². The summed E-state index contributed by atoms with van der Waals surface area (Å²) in [5.41, 5.74) is 2.29. The van der Waals surface area contributed by atoms with Gasteiger partial charge in [-0.1, -0.05) is 0 Å². The molecule has 5 heteroatoms. The maximum atomic E-state index is 4.45. The second kappa shape index (κ2) is 6.08. The molecule has 1 saturated heterocycles. The number of rotatable bonds is 3.